The number of nitrogens with zero attached hydrogens (tertiary/aromatic N) is 1. The Labute approximate surface area is 124 Å². The number of amidine groups is 1. The van der Waals surface area contributed by atoms with E-state index < -0.39 is 21.4 Å². The summed E-state index contributed by atoms with van der Waals surface area (Å²) >= 11 is 1.38. The van der Waals surface area contributed by atoms with Crippen molar-refractivity contribution < 1.29 is 21.6 Å². The standard InChI is InChI=1S/C11H14F3N3O2S2/c12-11(13,14)21(18,19)17-10(16)4-5-20-7-8-2-1-3-9(15)6-8/h1-3,6H,4-5,7,15H2,(H2,16,17). The summed E-state index contributed by atoms with van der Waals surface area (Å²) in [5.74, 6) is 0.370. The molecule has 1 rings (SSSR count). The van der Waals surface area contributed by atoms with Crippen molar-refractivity contribution in [3.05, 3.63) is 29.8 Å². The van der Waals surface area contributed by atoms with Crippen LogP contribution >= 0.6 is 11.8 Å². The van der Waals surface area contributed by atoms with Gasteiger partial charge in [-0.2, -0.15) is 33.4 Å². The molecule has 21 heavy (non-hydrogen) atoms. The number of halogens is 3. The number of hydrogen-bond donors (Lipinski definition) is 2. The Morgan fingerprint density at radius 1 is 1.33 bits per heavy atom. The van der Waals surface area contributed by atoms with Gasteiger partial charge in [-0.1, -0.05) is 12.1 Å². The summed E-state index contributed by atoms with van der Waals surface area (Å²) in [6.07, 6.45) is -0.0533. The first-order chi connectivity index (χ1) is 9.62. The zero-order valence-electron chi connectivity index (χ0n) is 10.8. The molecule has 10 heteroatoms. The summed E-state index contributed by atoms with van der Waals surface area (Å²) in [6, 6.07) is 7.16. The number of anilines is 1. The lowest BCUT2D eigenvalue weighted by molar-refractivity contribution is -0.0435. The minimum Gasteiger partial charge on any atom is -0.399 e. The highest BCUT2D eigenvalue weighted by Gasteiger charge is 2.46. The van der Waals surface area contributed by atoms with E-state index >= 15 is 0 Å². The van der Waals surface area contributed by atoms with Gasteiger partial charge in [-0.05, 0) is 17.7 Å². The van der Waals surface area contributed by atoms with E-state index in [9.17, 15) is 21.6 Å². The molecule has 0 heterocycles. The Bertz CT molecular complexity index is 615. The molecule has 0 spiro atoms. The quantitative estimate of drug-likeness (QED) is 0.357. The van der Waals surface area contributed by atoms with Crippen molar-refractivity contribution in [2.24, 2.45) is 10.1 Å². The lowest BCUT2D eigenvalue weighted by atomic mass is 10.2. The van der Waals surface area contributed by atoms with Gasteiger partial charge in [0.15, 0.2) is 0 Å². The van der Waals surface area contributed by atoms with Gasteiger partial charge in [0.2, 0.25) is 0 Å². The topological polar surface area (TPSA) is 98.5 Å². The first kappa shape index (κ1) is 17.6. The summed E-state index contributed by atoms with van der Waals surface area (Å²) in [5.41, 5.74) is 6.95. The molecule has 1 aromatic carbocycles. The third kappa shape index (κ3) is 5.84. The third-order valence-electron chi connectivity index (χ3n) is 2.25. The number of benzene rings is 1. The second-order valence-corrected chi connectivity index (χ2v) is 6.75. The van der Waals surface area contributed by atoms with Crippen LogP contribution in [0.2, 0.25) is 0 Å². The van der Waals surface area contributed by atoms with Crippen LogP contribution in [0.5, 0.6) is 0 Å². The highest BCUT2D eigenvalue weighted by Crippen LogP contribution is 2.24. The van der Waals surface area contributed by atoms with E-state index in [0.717, 1.165) is 5.56 Å². The molecule has 0 fully saturated rings. The van der Waals surface area contributed by atoms with Crippen LogP contribution < -0.4 is 11.5 Å². The first-order valence-corrected chi connectivity index (χ1v) is 8.29. The van der Waals surface area contributed by atoms with Crippen LogP contribution in [0.25, 0.3) is 0 Å². The first-order valence-electron chi connectivity index (χ1n) is 5.69. The maximum absolute atomic E-state index is 12.1. The summed E-state index contributed by atoms with van der Waals surface area (Å²) in [7, 11) is -5.55. The zero-order chi connectivity index (χ0) is 16.1. The molecular weight excluding hydrogens is 327 g/mol. The molecule has 4 N–H and O–H groups in total. The molecule has 0 aromatic heterocycles. The summed E-state index contributed by atoms with van der Waals surface area (Å²) in [5, 5.41) is 0. The average molecular weight is 341 g/mol. The van der Waals surface area contributed by atoms with E-state index in [1.54, 1.807) is 18.2 Å². The van der Waals surface area contributed by atoms with Crippen LogP contribution in [-0.4, -0.2) is 25.5 Å². The fourth-order valence-corrected chi connectivity index (χ4v) is 2.72. The number of thioether (sulfide) groups is 1. The van der Waals surface area contributed by atoms with Gasteiger partial charge in [-0.15, -0.1) is 4.40 Å². The summed E-state index contributed by atoms with van der Waals surface area (Å²) in [6.45, 7) is 0. The van der Waals surface area contributed by atoms with Crippen molar-refractivity contribution in [2.75, 3.05) is 11.5 Å². The molecule has 0 saturated heterocycles. The highest BCUT2D eigenvalue weighted by atomic mass is 32.2. The maximum atomic E-state index is 12.1. The van der Waals surface area contributed by atoms with E-state index in [2.05, 4.69) is 4.40 Å². The van der Waals surface area contributed by atoms with E-state index in [1.807, 2.05) is 6.07 Å². The maximum Gasteiger partial charge on any atom is 0.518 e. The SMILES string of the molecule is N/C(CCSCc1cccc(N)c1)=N\S(=O)(=O)C(F)(F)F. The van der Waals surface area contributed by atoms with Gasteiger partial charge in [-0.25, -0.2) is 0 Å². The van der Waals surface area contributed by atoms with Crippen molar-refractivity contribution in [1.82, 2.24) is 0 Å². The minimum atomic E-state index is -5.55. The van der Waals surface area contributed by atoms with Gasteiger partial charge < -0.3 is 11.5 Å². The van der Waals surface area contributed by atoms with Gasteiger partial charge in [0, 0.05) is 23.6 Å². The van der Waals surface area contributed by atoms with E-state index in [-0.39, 0.29) is 6.42 Å². The van der Waals surface area contributed by atoms with Crippen LogP contribution in [0.1, 0.15) is 12.0 Å². The molecule has 5 nitrogen and oxygen atoms in total. The fourth-order valence-electron chi connectivity index (χ4n) is 1.30. The smallest absolute Gasteiger partial charge is 0.399 e. The summed E-state index contributed by atoms with van der Waals surface area (Å²) < 4.78 is 60.2. The number of hydrogen-bond acceptors (Lipinski definition) is 4. The van der Waals surface area contributed by atoms with Gasteiger partial charge >= 0.3 is 15.5 Å². The lowest BCUT2D eigenvalue weighted by Gasteiger charge is -2.05. The number of nitrogen functional groups attached to an aromatic ring is 1. The van der Waals surface area contributed by atoms with Crippen LogP contribution in [0, 0.1) is 0 Å². The molecule has 0 aliphatic rings. The average Bonchev–Trinajstić information content (AvgIpc) is 2.33. The summed E-state index contributed by atoms with van der Waals surface area (Å²) in [4.78, 5) is 0. The Balaban J connectivity index is 2.46. The Kier molecular flexibility index (Phi) is 5.90. The molecule has 118 valence electrons. The molecule has 0 unspecified atom stereocenters. The van der Waals surface area contributed by atoms with Crippen molar-refractivity contribution in [1.29, 1.82) is 0 Å². The zero-order valence-corrected chi connectivity index (χ0v) is 12.4. The molecule has 1 aromatic rings. The molecule has 0 aliphatic heterocycles. The molecule has 0 radical (unpaired) electrons. The second-order valence-electron chi connectivity index (χ2n) is 4.05. The van der Waals surface area contributed by atoms with Crippen LogP contribution in [0.3, 0.4) is 0 Å². The number of rotatable bonds is 6. The number of alkyl halides is 3. The van der Waals surface area contributed by atoms with Crippen LogP contribution in [-0.2, 0) is 15.8 Å². The van der Waals surface area contributed by atoms with Crippen molar-refractivity contribution in [3.8, 4) is 0 Å². The van der Waals surface area contributed by atoms with Crippen LogP contribution in [0.4, 0.5) is 18.9 Å². The molecule has 0 aliphatic carbocycles. The molecule has 0 bridgehead atoms. The second kappa shape index (κ2) is 7.03. The van der Waals surface area contributed by atoms with Gasteiger partial charge in [-0.3, -0.25) is 0 Å². The van der Waals surface area contributed by atoms with E-state index in [4.69, 9.17) is 11.5 Å². The highest BCUT2D eigenvalue weighted by molar-refractivity contribution is 7.98. The number of sulfonamides is 1. The van der Waals surface area contributed by atoms with Gasteiger partial charge in [0.25, 0.3) is 0 Å². The third-order valence-corrected chi connectivity index (χ3v) is 4.34. The Morgan fingerprint density at radius 3 is 2.57 bits per heavy atom. The van der Waals surface area contributed by atoms with E-state index in [0.29, 0.717) is 17.2 Å². The predicted octanol–water partition coefficient (Wildman–Crippen LogP) is 2.10. The normalized spacial score (nSPS) is 13.4. The Hall–Kier alpha value is -1.42. The predicted molar refractivity (Wildman–Crippen MR) is 78.2 cm³/mol. The largest absolute Gasteiger partial charge is 0.518 e. The molecule has 0 amide bonds. The van der Waals surface area contributed by atoms with Crippen LogP contribution in [0.15, 0.2) is 28.7 Å². The fraction of sp³-hybridized carbons (Fsp3) is 0.364. The van der Waals surface area contributed by atoms with Crippen molar-refractivity contribution in [3.63, 3.8) is 0 Å². The number of nitrogens with two attached hydrogens (primary N) is 2. The van der Waals surface area contributed by atoms with Gasteiger partial charge in [0.05, 0.1) is 0 Å². The van der Waals surface area contributed by atoms with Crippen molar-refractivity contribution in [2.45, 2.75) is 17.7 Å². The monoisotopic (exact) mass is 341 g/mol. The molecule has 0 saturated carbocycles. The van der Waals surface area contributed by atoms with E-state index in [1.165, 1.54) is 11.8 Å². The Morgan fingerprint density at radius 2 is 2.00 bits per heavy atom. The minimum absolute atomic E-state index is 0.0533. The lowest BCUT2D eigenvalue weighted by Crippen LogP contribution is -2.25. The van der Waals surface area contributed by atoms with Crippen molar-refractivity contribution >= 4 is 33.3 Å². The molecular formula is C11H14F3N3O2S2. The molecule has 0 atom stereocenters. The van der Waals surface area contributed by atoms with Gasteiger partial charge in [0.1, 0.15) is 5.84 Å².